The minimum absolute atomic E-state index is 0.0866. The summed E-state index contributed by atoms with van der Waals surface area (Å²) in [6, 6.07) is 10.4. The first-order valence-corrected chi connectivity index (χ1v) is 12.6. The van der Waals surface area contributed by atoms with E-state index in [9.17, 15) is 26.4 Å². The van der Waals surface area contributed by atoms with Crippen LogP contribution in [0.4, 0.5) is 5.69 Å². The first kappa shape index (κ1) is 23.9. The average molecular weight is 482 g/mol. The van der Waals surface area contributed by atoms with Gasteiger partial charge in [-0.05, 0) is 56.2 Å². The highest BCUT2D eigenvalue weighted by Gasteiger charge is 2.40. The van der Waals surface area contributed by atoms with E-state index < -0.39 is 44.6 Å². The van der Waals surface area contributed by atoms with Crippen molar-refractivity contribution in [1.82, 2.24) is 4.31 Å². The van der Waals surface area contributed by atoms with Crippen LogP contribution in [0.5, 0.6) is 0 Å². The Kier molecular flexibility index (Phi) is 6.98. The molecule has 0 bridgehead atoms. The van der Waals surface area contributed by atoms with E-state index >= 15 is 0 Å². The minimum atomic E-state index is -3.88. The van der Waals surface area contributed by atoms with E-state index in [0.29, 0.717) is 12.8 Å². The molecule has 0 saturated carbocycles. The molecular formula is C20H23N3O7S2. The van der Waals surface area contributed by atoms with Crippen LogP contribution in [-0.4, -0.2) is 52.2 Å². The molecule has 2 aromatic carbocycles. The van der Waals surface area contributed by atoms with Crippen molar-refractivity contribution in [2.24, 2.45) is 5.14 Å². The second kappa shape index (κ2) is 9.36. The van der Waals surface area contributed by atoms with Gasteiger partial charge in [-0.2, -0.15) is 4.31 Å². The van der Waals surface area contributed by atoms with Crippen LogP contribution in [-0.2, 0) is 34.4 Å². The number of nitrogens with zero attached hydrogens (tertiary/aromatic N) is 1. The number of hydrogen-bond acceptors (Lipinski definition) is 7. The van der Waals surface area contributed by atoms with Crippen molar-refractivity contribution in [2.75, 3.05) is 18.5 Å². The monoisotopic (exact) mass is 481 g/mol. The van der Waals surface area contributed by atoms with Gasteiger partial charge in [0.1, 0.15) is 6.04 Å². The summed E-state index contributed by atoms with van der Waals surface area (Å²) in [5, 5.41) is 7.47. The molecule has 1 heterocycles. The normalized spacial score (nSPS) is 17.1. The van der Waals surface area contributed by atoms with Gasteiger partial charge in [-0.1, -0.05) is 17.7 Å². The molecule has 10 nitrogen and oxygen atoms in total. The van der Waals surface area contributed by atoms with Crippen molar-refractivity contribution in [2.45, 2.75) is 35.6 Å². The highest BCUT2D eigenvalue weighted by Crippen LogP contribution is 2.27. The number of aryl methyl sites for hydroxylation is 1. The van der Waals surface area contributed by atoms with Crippen LogP contribution in [0.15, 0.2) is 58.3 Å². The van der Waals surface area contributed by atoms with Crippen molar-refractivity contribution in [3.63, 3.8) is 0 Å². The molecule has 1 aliphatic heterocycles. The molecule has 3 rings (SSSR count). The maximum atomic E-state index is 12.9. The molecule has 1 amide bonds. The number of primary sulfonamides is 1. The molecule has 0 spiro atoms. The van der Waals surface area contributed by atoms with Gasteiger partial charge in [-0.25, -0.2) is 22.0 Å². The van der Waals surface area contributed by atoms with Crippen LogP contribution in [0.1, 0.15) is 18.4 Å². The lowest BCUT2D eigenvalue weighted by atomic mass is 10.2. The molecule has 0 unspecified atom stereocenters. The molecule has 12 heteroatoms. The lowest BCUT2D eigenvalue weighted by Gasteiger charge is -2.22. The molecule has 1 atom stereocenters. The lowest BCUT2D eigenvalue weighted by molar-refractivity contribution is -0.150. The Labute approximate surface area is 186 Å². The molecule has 32 heavy (non-hydrogen) atoms. The summed E-state index contributed by atoms with van der Waals surface area (Å²) in [5.41, 5.74) is 1.19. The van der Waals surface area contributed by atoms with E-state index in [0.717, 1.165) is 9.87 Å². The molecule has 1 saturated heterocycles. The van der Waals surface area contributed by atoms with Gasteiger partial charge >= 0.3 is 5.97 Å². The number of nitrogens with two attached hydrogens (primary N) is 1. The maximum absolute atomic E-state index is 12.9. The summed E-state index contributed by atoms with van der Waals surface area (Å²) < 4.78 is 54.5. The van der Waals surface area contributed by atoms with E-state index in [1.807, 2.05) is 6.92 Å². The molecule has 0 aromatic heterocycles. The summed E-state index contributed by atoms with van der Waals surface area (Å²) in [4.78, 5) is 24.6. The zero-order chi connectivity index (χ0) is 23.5. The van der Waals surface area contributed by atoms with Crippen LogP contribution in [0.25, 0.3) is 0 Å². The third-order valence-corrected chi connectivity index (χ3v) is 7.77. The average Bonchev–Trinajstić information content (AvgIpc) is 3.23. The van der Waals surface area contributed by atoms with Gasteiger partial charge in [-0.15, -0.1) is 0 Å². The zero-order valence-electron chi connectivity index (χ0n) is 17.2. The standard InChI is InChI=1S/C20H23N3O7S2/c1-14-4-8-17(9-5-14)32(28,29)23-12-2-3-18(23)20(25)30-13-19(24)22-15-6-10-16(11-7-15)31(21,26)27/h4-11,18H,2-3,12-13H2,1H3,(H,22,24)(H2,21,26,27)/t18-/m0/s1. The Hall–Kier alpha value is -2.80. The van der Waals surface area contributed by atoms with Gasteiger partial charge in [-0.3, -0.25) is 9.59 Å². The first-order chi connectivity index (χ1) is 15.0. The van der Waals surface area contributed by atoms with E-state index in [-0.39, 0.29) is 22.0 Å². The van der Waals surface area contributed by atoms with E-state index in [4.69, 9.17) is 9.88 Å². The Balaban J connectivity index is 1.60. The molecule has 0 aliphatic carbocycles. The summed E-state index contributed by atoms with van der Waals surface area (Å²) in [5.74, 6) is -1.47. The highest BCUT2D eigenvalue weighted by atomic mass is 32.2. The van der Waals surface area contributed by atoms with Gasteiger partial charge in [0.25, 0.3) is 5.91 Å². The Morgan fingerprint density at radius 2 is 1.62 bits per heavy atom. The van der Waals surface area contributed by atoms with Crippen LogP contribution in [0.2, 0.25) is 0 Å². The van der Waals surface area contributed by atoms with E-state index in [2.05, 4.69) is 5.32 Å². The predicted molar refractivity (Wildman–Crippen MR) is 115 cm³/mol. The molecular weight excluding hydrogens is 458 g/mol. The van der Waals surface area contributed by atoms with Crippen molar-refractivity contribution < 1.29 is 31.2 Å². The highest BCUT2D eigenvalue weighted by molar-refractivity contribution is 7.89. The SMILES string of the molecule is Cc1ccc(S(=O)(=O)N2CCC[C@H]2C(=O)OCC(=O)Nc2ccc(S(N)(=O)=O)cc2)cc1. The second-order valence-electron chi connectivity index (χ2n) is 7.31. The van der Waals surface area contributed by atoms with E-state index in [1.165, 1.54) is 36.4 Å². The number of ether oxygens (including phenoxy) is 1. The van der Waals surface area contributed by atoms with Gasteiger partial charge in [0.05, 0.1) is 9.79 Å². The van der Waals surface area contributed by atoms with Gasteiger partial charge < -0.3 is 10.1 Å². The van der Waals surface area contributed by atoms with Gasteiger partial charge in [0.2, 0.25) is 20.0 Å². The zero-order valence-corrected chi connectivity index (χ0v) is 18.9. The molecule has 2 aromatic rings. The van der Waals surface area contributed by atoms with Crippen LogP contribution < -0.4 is 10.5 Å². The van der Waals surface area contributed by atoms with Crippen molar-refractivity contribution in [3.8, 4) is 0 Å². The summed E-state index contributed by atoms with van der Waals surface area (Å²) in [7, 11) is -7.73. The summed E-state index contributed by atoms with van der Waals surface area (Å²) >= 11 is 0. The van der Waals surface area contributed by atoms with Crippen LogP contribution in [0.3, 0.4) is 0 Å². The van der Waals surface area contributed by atoms with Crippen LogP contribution >= 0.6 is 0 Å². The second-order valence-corrected chi connectivity index (χ2v) is 10.8. The van der Waals surface area contributed by atoms with Crippen LogP contribution in [0, 0.1) is 6.92 Å². The number of nitrogens with one attached hydrogen (secondary N) is 1. The number of benzene rings is 2. The third kappa shape index (κ3) is 5.51. The molecule has 0 radical (unpaired) electrons. The van der Waals surface area contributed by atoms with Crippen molar-refractivity contribution in [3.05, 3.63) is 54.1 Å². The predicted octanol–water partition coefficient (Wildman–Crippen LogP) is 0.977. The largest absolute Gasteiger partial charge is 0.454 e. The quantitative estimate of drug-likeness (QED) is 0.559. The number of sulfonamides is 2. The minimum Gasteiger partial charge on any atom is -0.454 e. The molecule has 1 aliphatic rings. The molecule has 3 N–H and O–H groups in total. The maximum Gasteiger partial charge on any atom is 0.324 e. The fraction of sp³-hybridized carbons (Fsp3) is 0.300. The number of hydrogen-bond donors (Lipinski definition) is 2. The number of esters is 1. The Morgan fingerprint density at radius 3 is 2.22 bits per heavy atom. The Morgan fingerprint density at radius 1 is 1.03 bits per heavy atom. The van der Waals surface area contributed by atoms with Crippen molar-refractivity contribution in [1.29, 1.82) is 0 Å². The van der Waals surface area contributed by atoms with E-state index in [1.54, 1.807) is 12.1 Å². The fourth-order valence-corrected chi connectivity index (χ4v) is 5.43. The summed E-state index contributed by atoms with van der Waals surface area (Å²) in [6.07, 6.45) is 0.786. The first-order valence-electron chi connectivity index (χ1n) is 9.66. The molecule has 172 valence electrons. The van der Waals surface area contributed by atoms with Gasteiger partial charge in [0, 0.05) is 12.2 Å². The summed E-state index contributed by atoms with van der Waals surface area (Å²) in [6.45, 7) is 1.40. The number of rotatable bonds is 7. The lowest BCUT2D eigenvalue weighted by Crippen LogP contribution is -2.42. The number of anilines is 1. The smallest absolute Gasteiger partial charge is 0.324 e. The van der Waals surface area contributed by atoms with Gasteiger partial charge in [0.15, 0.2) is 6.61 Å². The molecule has 1 fully saturated rings. The number of carbonyl (C=O) groups excluding carboxylic acids is 2. The Bertz CT molecular complexity index is 1210. The number of amides is 1. The third-order valence-electron chi connectivity index (χ3n) is 4.92. The number of carbonyl (C=O) groups is 2. The topological polar surface area (TPSA) is 153 Å². The fourth-order valence-electron chi connectivity index (χ4n) is 3.27. The van der Waals surface area contributed by atoms with Crippen molar-refractivity contribution >= 4 is 37.6 Å².